The topological polar surface area (TPSA) is 26.8 Å². The minimum absolute atomic E-state index is 0.274. The Labute approximate surface area is 149 Å². The van der Waals surface area contributed by atoms with Crippen molar-refractivity contribution in [3.05, 3.63) is 66.2 Å². The van der Waals surface area contributed by atoms with Crippen molar-refractivity contribution in [2.45, 2.75) is 24.9 Å². The zero-order chi connectivity index (χ0) is 17.3. The van der Waals surface area contributed by atoms with E-state index in [-0.39, 0.29) is 11.4 Å². The van der Waals surface area contributed by atoms with E-state index in [1.807, 2.05) is 18.0 Å². The Balaban J connectivity index is 1.52. The van der Waals surface area contributed by atoms with Crippen LogP contribution in [-0.4, -0.2) is 48.1 Å². The molecule has 0 saturated carbocycles. The summed E-state index contributed by atoms with van der Waals surface area (Å²) in [7, 11) is 1.92. The van der Waals surface area contributed by atoms with Crippen LogP contribution in [0.4, 0.5) is 5.69 Å². The van der Waals surface area contributed by atoms with Gasteiger partial charge in [-0.1, -0.05) is 48.5 Å². The Kier molecular flexibility index (Phi) is 4.22. The number of anilines is 1. The fourth-order valence-electron chi connectivity index (χ4n) is 4.23. The monoisotopic (exact) mass is 335 g/mol. The van der Waals surface area contributed by atoms with Gasteiger partial charge in [-0.25, -0.2) is 0 Å². The lowest BCUT2D eigenvalue weighted by atomic mass is 9.85. The third-order valence-electron chi connectivity index (χ3n) is 5.62. The van der Waals surface area contributed by atoms with Crippen LogP contribution < -0.4 is 4.90 Å². The van der Waals surface area contributed by atoms with Gasteiger partial charge in [0.2, 0.25) is 5.91 Å². The molecular formula is C21H25N3O. The fraction of sp³-hybridized carbons (Fsp3) is 0.381. The predicted octanol–water partition coefficient (Wildman–Crippen LogP) is 2.96. The number of likely N-dealkylation sites (N-methyl/N-ethyl adjacent to an activating group) is 1. The Hall–Kier alpha value is -2.33. The zero-order valence-electron chi connectivity index (χ0n) is 14.8. The molecular weight excluding hydrogens is 310 g/mol. The number of amides is 1. The highest BCUT2D eigenvalue weighted by Crippen LogP contribution is 2.39. The van der Waals surface area contributed by atoms with E-state index < -0.39 is 0 Å². The fourth-order valence-corrected chi connectivity index (χ4v) is 4.23. The molecule has 0 radical (unpaired) electrons. The lowest BCUT2D eigenvalue weighted by Gasteiger charge is -2.43. The van der Waals surface area contributed by atoms with Crippen molar-refractivity contribution in [3.8, 4) is 0 Å². The Morgan fingerprint density at radius 2 is 1.52 bits per heavy atom. The third-order valence-corrected chi connectivity index (χ3v) is 5.62. The van der Waals surface area contributed by atoms with Gasteiger partial charge in [-0.3, -0.25) is 9.69 Å². The summed E-state index contributed by atoms with van der Waals surface area (Å²) in [6, 6.07) is 21.0. The van der Waals surface area contributed by atoms with Crippen molar-refractivity contribution in [1.29, 1.82) is 0 Å². The van der Waals surface area contributed by atoms with Gasteiger partial charge in [0, 0.05) is 32.4 Å². The highest BCUT2D eigenvalue weighted by Gasteiger charge is 2.52. The van der Waals surface area contributed by atoms with Crippen molar-refractivity contribution in [1.82, 2.24) is 9.80 Å². The van der Waals surface area contributed by atoms with Crippen LogP contribution in [0.5, 0.6) is 0 Å². The van der Waals surface area contributed by atoms with Gasteiger partial charge in [-0.15, -0.1) is 0 Å². The van der Waals surface area contributed by atoms with Crippen LogP contribution in [0.2, 0.25) is 0 Å². The average Bonchev–Trinajstić information content (AvgIpc) is 2.90. The second kappa shape index (κ2) is 6.52. The van der Waals surface area contributed by atoms with Crippen LogP contribution in [0.25, 0.3) is 0 Å². The molecule has 4 rings (SSSR count). The highest BCUT2D eigenvalue weighted by molar-refractivity contribution is 5.93. The van der Waals surface area contributed by atoms with E-state index in [1.165, 1.54) is 5.56 Å². The van der Waals surface area contributed by atoms with Gasteiger partial charge in [-0.05, 0) is 30.5 Å². The van der Waals surface area contributed by atoms with Crippen molar-refractivity contribution >= 4 is 11.6 Å². The molecule has 0 bridgehead atoms. The number of piperidine rings is 1. The van der Waals surface area contributed by atoms with Gasteiger partial charge >= 0.3 is 0 Å². The molecule has 2 saturated heterocycles. The Morgan fingerprint density at radius 3 is 2.16 bits per heavy atom. The van der Waals surface area contributed by atoms with Crippen LogP contribution in [0.15, 0.2) is 60.7 Å². The van der Waals surface area contributed by atoms with Crippen molar-refractivity contribution in [2.24, 2.45) is 0 Å². The third kappa shape index (κ3) is 2.91. The van der Waals surface area contributed by atoms with Crippen LogP contribution in [-0.2, 0) is 11.3 Å². The molecule has 4 heteroatoms. The summed E-state index contributed by atoms with van der Waals surface area (Å²) < 4.78 is 0. The van der Waals surface area contributed by atoms with E-state index in [0.717, 1.165) is 38.2 Å². The molecule has 2 fully saturated rings. The number of carbonyl (C=O) groups is 1. The zero-order valence-corrected chi connectivity index (χ0v) is 14.8. The molecule has 0 atom stereocenters. The molecule has 0 aromatic heterocycles. The van der Waals surface area contributed by atoms with Gasteiger partial charge in [0.15, 0.2) is 0 Å². The van der Waals surface area contributed by atoms with E-state index >= 15 is 0 Å². The molecule has 4 nitrogen and oxygen atoms in total. The van der Waals surface area contributed by atoms with E-state index in [0.29, 0.717) is 6.67 Å². The number of benzene rings is 2. The number of nitrogens with zero attached hydrogens (tertiary/aromatic N) is 3. The molecule has 2 aromatic rings. The summed E-state index contributed by atoms with van der Waals surface area (Å²) in [5.74, 6) is 0.274. The maximum Gasteiger partial charge on any atom is 0.249 e. The lowest BCUT2D eigenvalue weighted by molar-refractivity contribution is -0.132. The highest BCUT2D eigenvalue weighted by atomic mass is 16.2. The molecule has 2 aromatic carbocycles. The average molecular weight is 335 g/mol. The van der Waals surface area contributed by atoms with Crippen molar-refractivity contribution in [3.63, 3.8) is 0 Å². The molecule has 2 aliphatic heterocycles. The first kappa shape index (κ1) is 16.2. The second-order valence-electron chi connectivity index (χ2n) is 7.20. The van der Waals surface area contributed by atoms with E-state index in [2.05, 4.69) is 64.4 Å². The first-order valence-electron chi connectivity index (χ1n) is 9.04. The number of hydrogen-bond donors (Lipinski definition) is 0. The summed E-state index contributed by atoms with van der Waals surface area (Å²) in [6.07, 6.45) is 1.77. The maximum atomic E-state index is 13.0. The first-order chi connectivity index (χ1) is 12.2. The molecule has 1 spiro atoms. The molecule has 130 valence electrons. The SMILES string of the molecule is CN1CN(c2ccccc2)C2(CCN(Cc3ccccc3)CC2)C1=O. The normalized spacial score (nSPS) is 20.4. The quantitative estimate of drug-likeness (QED) is 0.863. The number of likely N-dealkylation sites (tertiary alicyclic amines) is 1. The molecule has 2 heterocycles. The molecule has 2 aliphatic rings. The van der Waals surface area contributed by atoms with E-state index in [4.69, 9.17) is 0 Å². The summed E-state index contributed by atoms with van der Waals surface area (Å²) >= 11 is 0. The van der Waals surface area contributed by atoms with Crippen molar-refractivity contribution < 1.29 is 4.79 Å². The van der Waals surface area contributed by atoms with Gasteiger partial charge in [-0.2, -0.15) is 0 Å². The number of rotatable bonds is 3. The molecule has 0 N–H and O–H groups in total. The van der Waals surface area contributed by atoms with E-state index in [9.17, 15) is 4.79 Å². The number of hydrogen-bond acceptors (Lipinski definition) is 3. The smallest absolute Gasteiger partial charge is 0.249 e. The summed E-state index contributed by atoms with van der Waals surface area (Å²) in [5.41, 5.74) is 2.12. The van der Waals surface area contributed by atoms with Crippen LogP contribution in [0, 0.1) is 0 Å². The maximum absolute atomic E-state index is 13.0. The Morgan fingerprint density at radius 1 is 0.920 bits per heavy atom. The number of para-hydroxylation sites is 1. The molecule has 25 heavy (non-hydrogen) atoms. The van der Waals surface area contributed by atoms with Crippen LogP contribution in [0.1, 0.15) is 18.4 Å². The minimum atomic E-state index is -0.372. The van der Waals surface area contributed by atoms with E-state index in [1.54, 1.807) is 0 Å². The summed E-state index contributed by atoms with van der Waals surface area (Å²) in [5, 5.41) is 0. The lowest BCUT2D eigenvalue weighted by Crippen LogP contribution is -2.56. The van der Waals surface area contributed by atoms with Gasteiger partial charge < -0.3 is 9.80 Å². The Bertz CT molecular complexity index is 723. The molecule has 0 unspecified atom stereocenters. The predicted molar refractivity (Wildman–Crippen MR) is 100 cm³/mol. The van der Waals surface area contributed by atoms with Gasteiger partial charge in [0.25, 0.3) is 0 Å². The summed E-state index contributed by atoms with van der Waals surface area (Å²) in [4.78, 5) is 19.7. The number of carbonyl (C=O) groups excluding carboxylic acids is 1. The van der Waals surface area contributed by atoms with Gasteiger partial charge in [0.05, 0.1) is 6.67 Å². The molecule has 1 amide bonds. The first-order valence-corrected chi connectivity index (χ1v) is 9.04. The summed E-state index contributed by atoms with van der Waals surface area (Å²) in [6.45, 7) is 3.56. The van der Waals surface area contributed by atoms with Gasteiger partial charge in [0.1, 0.15) is 5.54 Å². The largest absolute Gasteiger partial charge is 0.339 e. The minimum Gasteiger partial charge on any atom is -0.339 e. The standard InChI is InChI=1S/C21H25N3O/c1-22-17-24(19-10-6-3-7-11-19)21(20(22)25)12-14-23(15-13-21)16-18-8-4-2-5-9-18/h2-11H,12-17H2,1H3. The van der Waals surface area contributed by atoms with Crippen LogP contribution >= 0.6 is 0 Å². The second-order valence-corrected chi connectivity index (χ2v) is 7.20. The molecule has 0 aliphatic carbocycles. The van der Waals surface area contributed by atoms with Crippen LogP contribution in [0.3, 0.4) is 0 Å². The van der Waals surface area contributed by atoms with Crippen molar-refractivity contribution in [2.75, 3.05) is 31.7 Å².